The van der Waals surface area contributed by atoms with Crippen LogP contribution in [0.25, 0.3) is 0 Å². The average molecular weight is 673 g/mol. The Kier molecular flexibility index (Phi) is 13.4. The van der Waals surface area contributed by atoms with Gasteiger partial charge in [-0.15, -0.1) is 0 Å². The number of alkyl halides is 2. The van der Waals surface area contributed by atoms with Gasteiger partial charge < -0.3 is 25.8 Å². The molecule has 4 N–H and O–H groups in total. The normalized spacial score (nSPS) is 13.2. The lowest BCUT2D eigenvalue weighted by Crippen LogP contribution is -2.61. The molecule has 0 aliphatic carbocycles. The molecule has 0 radical (unpaired) electrons. The predicted octanol–water partition coefficient (Wildman–Crippen LogP) is 4.77. The molecular formula is C38H42F2N4O5. The number of nitrogens with zero attached hydrogens (tertiary/aromatic N) is 1. The second-order valence-corrected chi connectivity index (χ2v) is 12.1. The molecular weight excluding hydrogens is 630 g/mol. The van der Waals surface area contributed by atoms with E-state index in [1.807, 2.05) is 36.4 Å². The van der Waals surface area contributed by atoms with E-state index in [4.69, 9.17) is 4.74 Å². The highest BCUT2D eigenvalue weighted by molar-refractivity contribution is 5.88. The molecule has 0 aliphatic rings. The second kappa shape index (κ2) is 17.8. The van der Waals surface area contributed by atoms with E-state index in [-0.39, 0.29) is 19.4 Å². The molecule has 0 saturated heterocycles. The number of amides is 3. The van der Waals surface area contributed by atoms with Gasteiger partial charge in [0.1, 0.15) is 24.5 Å². The maximum absolute atomic E-state index is 15.6. The zero-order valence-corrected chi connectivity index (χ0v) is 27.5. The van der Waals surface area contributed by atoms with Gasteiger partial charge in [-0.1, -0.05) is 92.7 Å². The molecule has 4 aromatic rings. The van der Waals surface area contributed by atoms with Gasteiger partial charge >= 0.3 is 5.92 Å². The van der Waals surface area contributed by atoms with Crippen LogP contribution in [0.15, 0.2) is 109 Å². The fraction of sp³-hybridized carbons (Fsp3) is 0.316. The quantitative estimate of drug-likeness (QED) is 0.128. The van der Waals surface area contributed by atoms with Gasteiger partial charge in [-0.05, 0) is 59.2 Å². The van der Waals surface area contributed by atoms with Crippen molar-refractivity contribution in [3.05, 3.63) is 132 Å². The molecule has 0 aliphatic heterocycles. The summed E-state index contributed by atoms with van der Waals surface area (Å²) in [5.41, 5.74) is 2.91. The number of aryl methyl sites for hydroxylation is 1. The van der Waals surface area contributed by atoms with Crippen LogP contribution in [-0.4, -0.2) is 51.9 Å². The van der Waals surface area contributed by atoms with Crippen LogP contribution in [-0.2, 0) is 40.4 Å². The molecule has 4 rings (SSSR count). The van der Waals surface area contributed by atoms with Gasteiger partial charge in [0.2, 0.25) is 11.8 Å². The zero-order valence-electron chi connectivity index (χ0n) is 27.5. The van der Waals surface area contributed by atoms with Gasteiger partial charge in [-0.3, -0.25) is 19.4 Å². The number of ether oxygens (including phenoxy) is 1. The van der Waals surface area contributed by atoms with Gasteiger partial charge in [0.15, 0.2) is 0 Å². The van der Waals surface area contributed by atoms with Crippen LogP contribution in [0.4, 0.5) is 8.78 Å². The summed E-state index contributed by atoms with van der Waals surface area (Å²) < 4.78 is 37.0. The lowest BCUT2D eigenvalue weighted by molar-refractivity contribution is -0.168. The third-order valence-corrected chi connectivity index (χ3v) is 7.94. The third-order valence-electron chi connectivity index (χ3n) is 7.94. The van der Waals surface area contributed by atoms with E-state index in [1.165, 1.54) is 0 Å². The molecule has 1 aromatic heterocycles. The van der Waals surface area contributed by atoms with E-state index in [2.05, 4.69) is 20.9 Å². The van der Waals surface area contributed by atoms with Crippen LogP contribution < -0.4 is 20.7 Å². The summed E-state index contributed by atoms with van der Waals surface area (Å²) in [5.74, 6) is -7.02. The smallest absolute Gasteiger partial charge is 0.351 e. The Labute approximate surface area is 285 Å². The van der Waals surface area contributed by atoms with Crippen molar-refractivity contribution in [2.45, 2.75) is 70.4 Å². The van der Waals surface area contributed by atoms with Crippen molar-refractivity contribution in [2.75, 3.05) is 0 Å². The minimum Gasteiger partial charge on any atom is -0.489 e. The summed E-state index contributed by atoms with van der Waals surface area (Å²) in [4.78, 5) is 43.1. The number of aliphatic hydroxyl groups excluding tert-OH is 1. The van der Waals surface area contributed by atoms with Gasteiger partial charge in [0.25, 0.3) is 5.91 Å². The molecule has 0 spiro atoms. The summed E-state index contributed by atoms with van der Waals surface area (Å²) in [6.07, 6.45) is 0.889. The zero-order chi connectivity index (χ0) is 35.2. The maximum Gasteiger partial charge on any atom is 0.351 e. The lowest BCUT2D eigenvalue weighted by Gasteiger charge is -2.31. The van der Waals surface area contributed by atoms with Gasteiger partial charge in [0.05, 0.1) is 6.04 Å². The highest BCUT2D eigenvalue weighted by atomic mass is 19.3. The number of nitrogens with one attached hydrogen (secondary N) is 3. The second-order valence-electron chi connectivity index (χ2n) is 12.1. The Balaban J connectivity index is 1.48. The first-order valence-electron chi connectivity index (χ1n) is 16.2. The molecule has 258 valence electrons. The highest BCUT2D eigenvalue weighted by Crippen LogP contribution is 2.25. The predicted molar refractivity (Wildman–Crippen MR) is 181 cm³/mol. The van der Waals surface area contributed by atoms with E-state index in [0.717, 1.165) is 11.1 Å². The molecule has 3 atom stereocenters. The minimum absolute atomic E-state index is 0.0760. The first-order valence-corrected chi connectivity index (χ1v) is 16.2. The van der Waals surface area contributed by atoms with E-state index < -0.39 is 47.7 Å². The highest BCUT2D eigenvalue weighted by Gasteiger charge is 2.50. The maximum atomic E-state index is 15.6. The van der Waals surface area contributed by atoms with Crippen LogP contribution in [0.3, 0.4) is 0 Å². The van der Waals surface area contributed by atoms with Gasteiger partial charge in [-0.2, -0.15) is 8.78 Å². The average Bonchev–Trinajstić information content (AvgIpc) is 3.12. The summed E-state index contributed by atoms with van der Waals surface area (Å²) in [5, 5.41) is 18.4. The van der Waals surface area contributed by atoms with Crippen molar-refractivity contribution in [1.29, 1.82) is 0 Å². The number of hydrogen-bond donors (Lipinski definition) is 4. The topological polar surface area (TPSA) is 130 Å². The van der Waals surface area contributed by atoms with Crippen LogP contribution in [0.2, 0.25) is 0 Å². The molecule has 0 bridgehead atoms. The number of pyridine rings is 1. The number of aliphatic hydroxyl groups is 1. The number of carbonyl (C=O) groups excluding carboxylic acids is 3. The van der Waals surface area contributed by atoms with E-state index in [1.54, 1.807) is 86.9 Å². The van der Waals surface area contributed by atoms with E-state index in [9.17, 15) is 19.5 Å². The molecule has 11 heteroatoms. The van der Waals surface area contributed by atoms with E-state index >= 15 is 8.78 Å². The van der Waals surface area contributed by atoms with E-state index in [0.29, 0.717) is 29.9 Å². The summed E-state index contributed by atoms with van der Waals surface area (Å²) in [7, 11) is 0. The van der Waals surface area contributed by atoms with Crippen LogP contribution >= 0.6 is 0 Å². The summed E-state index contributed by atoms with van der Waals surface area (Å²) in [6, 6.07) is 25.6. The molecule has 0 saturated carbocycles. The molecule has 3 aromatic carbocycles. The van der Waals surface area contributed by atoms with Crippen LogP contribution in [0.1, 0.15) is 42.5 Å². The van der Waals surface area contributed by atoms with Crippen molar-refractivity contribution in [2.24, 2.45) is 5.92 Å². The number of benzene rings is 3. The van der Waals surface area contributed by atoms with Gasteiger partial charge in [0, 0.05) is 25.4 Å². The van der Waals surface area contributed by atoms with Crippen molar-refractivity contribution < 1.29 is 33.0 Å². The first kappa shape index (κ1) is 36.7. The monoisotopic (exact) mass is 672 g/mol. The van der Waals surface area contributed by atoms with Crippen molar-refractivity contribution in [1.82, 2.24) is 20.9 Å². The van der Waals surface area contributed by atoms with Crippen LogP contribution in [0.5, 0.6) is 5.75 Å². The molecule has 1 heterocycles. The lowest BCUT2D eigenvalue weighted by atomic mass is 9.95. The molecule has 49 heavy (non-hydrogen) atoms. The largest absolute Gasteiger partial charge is 0.489 e. The fourth-order valence-corrected chi connectivity index (χ4v) is 5.10. The van der Waals surface area contributed by atoms with Crippen LogP contribution in [0, 0.1) is 5.92 Å². The molecule has 9 nitrogen and oxygen atoms in total. The fourth-order valence-electron chi connectivity index (χ4n) is 5.10. The third kappa shape index (κ3) is 11.2. The van der Waals surface area contributed by atoms with Crippen molar-refractivity contribution in [3.8, 4) is 5.75 Å². The number of aromatic nitrogens is 1. The first-order chi connectivity index (χ1) is 23.5. The Morgan fingerprint density at radius 2 is 1.45 bits per heavy atom. The SMILES string of the molecule is CC(C)[C@H](NC(=O)CCc1cccnc1)C(=O)NC(Cc1ccc(OCc2ccccc2)cc1)C(O)C(F)(F)C(=O)NCc1ccccc1. The Morgan fingerprint density at radius 1 is 0.816 bits per heavy atom. The van der Waals surface area contributed by atoms with Crippen molar-refractivity contribution in [3.63, 3.8) is 0 Å². The Hall–Kier alpha value is -5.16. The summed E-state index contributed by atoms with van der Waals surface area (Å²) in [6.45, 7) is 3.56. The summed E-state index contributed by atoms with van der Waals surface area (Å²) >= 11 is 0. The number of halogens is 2. The number of carbonyl (C=O) groups is 3. The Bertz CT molecular complexity index is 1620. The van der Waals surface area contributed by atoms with Crippen molar-refractivity contribution >= 4 is 17.7 Å². The number of rotatable bonds is 17. The Morgan fingerprint density at radius 3 is 2.06 bits per heavy atom. The molecule has 3 amide bonds. The standard InChI is InChI=1S/C38H42F2N4O5/c1-26(2)34(44-33(45)20-17-29-14-9-21-41-23-29)36(47)43-32(35(46)38(39,40)37(48)42-24-28-10-5-3-6-11-28)22-27-15-18-31(19-16-27)49-25-30-12-7-4-8-13-30/h3-16,18-19,21,23,26,32,34-35,46H,17,20,22,24-25H2,1-2H3,(H,42,48)(H,43,47)(H,44,45)/t32?,34-,35?/m0/s1. The van der Waals surface area contributed by atoms with Gasteiger partial charge in [-0.25, -0.2) is 0 Å². The minimum atomic E-state index is -4.27. The molecule has 2 unspecified atom stereocenters. The molecule has 0 fully saturated rings. The number of hydrogen-bond acceptors (Lipinski definition) is 6.